The van der Waals surface area contributed by atoms with E-state index in [1.807, 2.05) is 0 Å². The molecule has 0 bridgehead atoms. The lowest BCUT2D eigenvalue weighted by Crippen LogP contribution is -2.55. The van der Waals surface area contributed by atoms with Crippen molar-refractivity contribution >= 4 is 0 Å². The van der Waals surface area contributed by atoms with E-state index in [0.29, 0.717) is 16.9 Å². The second-order valence-electron chi connectivity index (χ2n) is 7.32. The summed E-state index contributed by atoms with van der Waals surface area (Å²) in [6.07, 6.45) is 1.27. The second-order valence-corrected chi connectivity index (χ2v) is 7.32. The van der Waals surface area contributed by atoms with Crippen molar-refractivity contribution in [1.82, 2.24) is 10.2 Å². The van der Waals surface area contributed by atoms with E-state index >= 15 is 0 Å². The molecule has 17 heavy (non-hydrogen) atoms. The van der Waals surface area contributed by atoms with Gasteiger partial charge in [0, 0.05) is 31.7 Å². The second kappa shape index (κ2) is 4.24. The Kier molecular flexibility index (Phi) is 3.33. The summed E-state index contributed by atoms with van der Waals surface area (Å²) in [5, 5.41) is 3.61. The Morgan fingerprint density at radius 2 is 1.76 bits per heavy atom. The van der Waals surface area contributed by atoms with Crippen molar-refractivity contribution in [2.24, 2.45) is 16.7 Å². The third-order valence-corrected chi connectivity index (χ3v) is 5.93. The third kappa shape index (κ3) is 2.15. The number of nitrogens with one attached hydrogen (secondary N) is 1. The van der Waals surface area contributed by atoms with Gasteiger partial charge in [0.1, 0.15) is 0 Å². The summed E-state index contributed by atoms with van der Waals surface area (Å²) in [7, 11) is 0. The van der Waals surface area contributed by atoms with E-state index < -0.39 is 0 Å². The fourth-order valence-corrected chi connectivity index (χ4v) is 3.68. The maximum atomic E-state index is 3.61. The van der Waals surface area contributed by atoms with E-state index in [-0.39, 0.29) is 0 Å². The number of rotatable bonds is 3. The minimum absolute atomic E-state index is 0.527. The number of piperazine rings is 1. The van der Waals surface area contributed by atoms with Gasteiger partial charge in [-0.05, 0) is 30.1 Å². The van der Waals surface area contributed by atoms with Crippen LogP contribution in [-0.4, -0.2) is 36.6 Å². The summed E-state index contributed by atoms with van der Waals surface area (Å²) in [4.78, 5) is 2.74. The minimum atomic E-state index is 0.527. The molecule has 2 unspecified atom stereocenters. The first-order valence-electron chi connectivity index (χ1n) is 7.28. The van der Waals surface area contributed by atoms with E-state index in [9.17, 15) is 0 Å². The first-order chi connectivity index (χ1) is 7.80. The number of nitrogens with zero attached hydrogens (tertiary/aromatic N) is 1. The van der Waals surface area contributed by atoms with E-state index in [1.54, 1.807) is 0 Å². The van der Waals surface area contributed by atoms with Gasteiger partial charge in [0.25, 0.3) is 0 Å². The first-order valence-corrected chi connectivity index (χ1v) is 7.28. The quantitative estimate of drug-likeness (QED) is 0.813. The zero-order chi connectivity index (χ0) is 12.8. The fourth-order valence-electron chi connectivity index (χ4n) is 3.68. The molecule has 1 saturated heterocycles. The van der Waals surface area contributed by atoms with Gasteiger partial charge in [0.15, 0.2) is 0 Å². The van der Waals surface area contributed by atoms with Crippen molar-refractivity contribution in [1.29, 1.82) is 0 Å². The molecule has 1 N–H and O–H groups in total. The van der Waals surface area contributed by atoms with Crippen LogP contribution in [0.15, 0.2) is 0 Å². The van der Waals surface area contributed by atoms with Crippen LogP contribution >= 0.6 is 0 Å². The van der Waals surface area contributed by atoms with Crippen molar-refractivity contribution in [2.75, 3.05) is 19.6 Å². The van der Waals surface area contributed by atoms with Crippen molar-refractivity contribution in [3.05, 3.63) is 0 Å². The predicted molar refractivity (Wildman–Crippen MR) is 74.2 cm³/mol. The Hall–Kier alpha value is -0.0800. The van der Waals surface area contributed by atoms with Gasteiger partial charge >= 0.3 is 0 Å². The van der Waals surface area contributed by atoms with Gasteiger partial charge in [-0.1, -0.05) is 34.6 Å². The van der Waals surface area contributed by atoms with Crippen LogP contribution in [0.1, 0.15) is 48.0 Å². The molecule has 0 aromatic heterocycles. The summed E-state index contributed by atoms with van der Waals surface area (Å²) >= 11 is 0. The molecular formula is C15H30N2. The molecule has 0 radical (unpaired) electrons. The normalized spacial score (nSPS) is 37.1. The number of hydrogen-bond acceptors (Lipinski definition) is 2. The van der Waals surface area contributed by atoms with Crippen LogP contribution < -0.4 is 5.32 Å². The smallest absolute Gasteiger partial charge is 0.0218 e. The van der Waals surface area contributed by atoms with Crippen molar-refractivity contribution in [3.63, 3.8) is 0 Å². The molecular weight excluding hydrogens is 208 g/mol. The lowest BCUT2D eigenvalue weighted by atomic mass is 10.0. The third-order valence-electron chi connectivity index (χ3n) is 5.93. The Morgan fingerprint density at radius 1 is 1.18 bits per heavy atom. The molecule has 2 fully saturated rings. The zero-order valence-electron chi connectivity index (χ0n) is 12.5. The van der Waals surface area contributed by atoms with Gasteiger partial charge < -0.3 is 5.32 Å². The summed E-state index contributed by atoms with van der Waals surface area (Å²) in [6, 6.07) is 1.40. The highest BCUT2D eigenvalue weighted by molar-refractivity contribution is 5.13. The SMILES string of the molecule is CCC1CNC(C)CN1CC1C(C)(C)C1(C)C. The van der Waals surface area contributed by atoms with Crippen molar-refractivity contribution in [3.8, 4) is 0 Å². The van der Waals surface area contributed by atoms with Gasteiger partial charge in [0.2, 0.25) is 0 Å². The minimum Gasteiger partial charge on any atom is -0.311 e. The van der Waals surface area contributed by atoms with Gasteiger partial charge in [0.05, 0.1) is 0 Å². The fraction of sp³-hybridized carbons (Fsp3) is 1.00. The summed E-state index contributed by atoms with van der Waals surface area (Å²) in [5.74, 6) is 0.870. The molecule has 1 heterocycles. The average Bonchev–Trinajstić information content (AvgIpc) is 2.61. The van der Waals surface area contributed by atoms with Crippen LogP contribution in [0.4, 0.5) is 0 Å². The van der Waals surface area contributed by atoms with Crippen LogP contribution in [0.25, 0.3) is 0 Å². The van der Waals surface area contributed by atoms with Crippen molar-refractivity contribution < 1.29 is 0 Å². The molecule has 2 aliphatic rings. The standard InChI is InChI=1S/C15H30N2/c1-7-12-8-16-11(2)9-17(12)10-13-14(3,4)15(13,5)6/h11-13,16H,7-10H2,1-6H3. The molecule has 0 spiro atoms. The van der Waals surface area contributed by atoms with Gasteiger partial charge in [-0.2, -0.15) is 0 Å². The van der Waals surface area contributed by atoms with Gasteiger partial charge in [-0.3, -0.25) is 4.90 Å². The van der Waals surface area contributed by atoms with Gasteiger partial charge in [-0.15, -0.1) is 0 Å². The summed E-state index contributed by atoms with van der Waals surface area (Å²) in [5.41, 5.74) is 1.05. The van der Waals surface area contributed by atoms with E-state index in [1.165, 1.54) is 26.1 Å². The monoisotopic (exact) mass is 238 g/mol. The number of hydrogen-bond donors (Lipinski definition) is 1. The lowest BCUT2D eigenvalue weighted by Gasteiger charge is -2.39. The van der Waals surface area contributed by atoms with E-state index in [2.05, 4.69) is 51.8 Å². The summed E-state index contributed by atoms with van der Waals surface area (Å²) in [6.45, 7) is 18.1. The highest BCUT2D eigenvalue weighted by Crippen LogP contribution is 2.68. The van der Waals surface area contributed by atoms with E-state index in [4.69, 9.17) is 0 Å². The predicted octanol–water partition coefficient (Wildman–Crippen LogP) is 2.74. The lowest BCUT2D eigenvalue weighted by molar-refractivity contribution is 0.119. The molecule has 0 aromatic carbocycles. The molecule has 2 heteroatoms. The molecule has 2 nitrogen and oxygen atoms in total. The average molecular weight is 238 g/mol. The Balaban J connectivity index is 1.98. The molecule has 1 aliphatic carbocycles. The molecule has 1 saturated carbocycles. The highest BCUT2D eigenvalue weighted by Gasteiger charge is 2.64. The largest absolute Gasteiger partial charge is 0.311 e. The first kappa shape index (κ1) is 13.4. The molecule has 1 aliphatic heterocycles. The topological polar surface area (TPSA) is 15.3 Å². The molecule has 2 atom stereocenters. The maximum absolute atomic E-state index is 3.61. The van der Waals surface area contributed by atoms with Crippen molar-refractivity contribution in [2.45, 2.75) is 60.0 Å². The van der Waals surface area contributed by atoms with Crippen LogP contribution in [0, 0.1) is 16.7 Å². The van der Waals surface area contributed by atoms with Gasteiger partial charge in [-0.25, -0.2) is 0 Å². The van der Waals surface area contributed by atoms with Crippen LogP contribution in [0.5, 0.6) is 0 Å². The molecule has 2 rings (SSSR count). The Labute approximate surface area is 107 Å². The Morgan fingerprint density at radius 3 is 2.24 bits per heavy atom. The summed E-state index contributed by atoms with van der Waals surface area (Å²) < 4.78 is 0. The molecule has 0 amide bonds. The molecule has 100 valence electrons. The highest BCUT2D eigenvalue weighted by atomic mass is 15.2. The Bertz CT molecular complexity index is 269. The zero-order valence-corrected chi connectivity index (χ0v) is 12.5. The van der Waals surface area contributed by atoms with Crippen LogP contribution in [0.3, 0.4) is 0 Å². The van der Waals surface area contributed by atoms with Crippen LogP contribution in [-0.2, 0) is 0 Å². The van der Waals surface area contributed by atoms with Crippen LogP contribution in [0.2, 0.25) is 0 Å². The molecule has 0 aromatic rings. The van der Waals surface area contributed by atoms with E-state index in [0.717, 1.165) is 12.0 Å². The maximum Gasteiger partial charge on any atom is 0.0218 e.